The van der Waals surface area contributed by atoms with Crippen molar-refractivity contribution in [3.05, 3.63) is 65.5 Å². The summed E-state index contributed by atoms with van der Waals surface area (Å²) in [7, 11) is 0. The van der Waals surface area contributed by atoms with Gasteiger partial charge in [-0.1, -0.05) is 35.4 Å². The molecule has 0 aliphatic carbocycles. The Morgan fingerprint density at radius 3 is 2.48 bits per heavy atom. The van der Waals surface area contributed by atoms with E-state index < -0.39 is 0 Å². The summed E-state index contributed by atoms with van der Waals surface area (Å²) >= 11 is 0. The minimum atomic E-state index is -0.367. The van der Waals surface area contributed by atoms with Gasteiger partial charge in [-0.2, -0.15) is 0 Å². The van der Waals surface area contributed by atoms with E-state index in [9.17, 15) is 4.79 Å². The highest BCUT2D eigenvalue weighted by atomic mass is 16.5. The molecular weight excluding hydrogens is 346 g/mol. The number of benzene rings is 2. The zero-order valence-electron chi connectivity index (χ0n) is 15.3. The second-order valence-corrected chi connectivity index (χ2v) is 5.64. The molecule has 27 heavy (non-hydrogen) atoms. The number of anilines is 1. The summed E-state index contributed by atoms with van der Waals surface area (Å²) in [6.07, 6.45) is 0.501. The molecule has 1 heterocycles. The van der Waals surface area contributed by atoms with Gasteiger partial charge in [0.2, 0.25) is 5.89 Å². The van der Waals surface area contributed by atoms with Crippen LogP contribution in [0, 0.1) is 0 Å². The number of hydrogen-bond acceptors (Lipinski definition) is 6. The maximum absolute atomic E-state index is 12.5. The SMILES string of the molecule is CCOc1ccc(C(=O)Nc2nnc(Cc3ccccc3)o2)cc1OCC. The molecule has 3 rings (SSSR count). The average molecular weight is 367 g/mol. The largest absolute Gasteiger partial charge is 0.490 e. The number of carbonyl (C=O) groups is 1. The van der Waals surface area contributed by atoms with Gasteiger partial charge in [-0.3, -0.25) is 10.1 Å². The molecule has 0 aliphatic heterocycles. The van der Waals surface area contributed by atoms with Crippen molar-refractivity contribution in [2.45, 2.75) is 20.3 Å². The minimum absolute atomic E-state index is 0.0535. The second kappa shape index (κ2) is 8.84. The van der Waals surface area contributed by atoms with E-state index in [2.05, 4.69) is 15.5 Å². The molecule has 1 aromatic heterocycles. The predicted molar refractivity (Wildman–Crippen MR) is 100 cm³/mol. The Bertz CT molecular complexity index is 893. The fourth-order valence-corrected chi connectivity index (χ4v) is 2.51. The first-order valence-corrected chi connectivity index (χ1v) is 8.77. The standard InChI is InChI=1S/C20H21N3O4/c1-3-25-16-11-10-15(13-17(16)26-4-2)19(24)21-20-23-22-18(27-20)12-14-8-6-5-7-9-14/h5-11,13H,3-4,12H2,1-2H3,(H,21,23,24). The highest BCUT2D eigenvalue weighted by Crippen LogP contribution is 2.28. The molecule has 0 saturated carbocycles. The van der Waals surface area contributed by atoms with Crippen LogP contribution in [-0.4, -0.2) is 29.3 Å². The van der Waals surface area contributed by atoms with Gasteiger partial charge in [-0.05, 0) is 37.6 Å². The molecule has 140 valence electrons. The zero-order chi connectivity index (χ0) is 19.1. The van der Waals surface area contributed by atoms with Crippen LogP contribution in [0.3, 0.4) is 0 Å². The molecule has 1 amide bonds. The van der Waals surface area contributed by atoms with Crippen molar-refractivity contribution in [1.29, 1.82) is 0 Å². The zero-order valence-corrected chi connectivity index (χ0v) is 15.3. The molecule has 2 aromatic carbocycles. The van der Waals surface area contributed by atoms with Crippen LogP contribution in [0.4, 0.5) is 6.01 Å². The Kier molecular flexibility index (Phi) is 6.04. The van der Waals surface area contributed by atoms with Crippen LogP contribution in [0.1, 0.15) is 35.7 Å². The lowest BCUT2D eigenvalue weighted by atomic mass is 10.2. The number of carbonyl (C=O) groups excluding carboxylic acids is 1. The van der Waals surface area contributed by atoms with Crippen LogP contribution >= 0.6 is 0 Å². The summed E-state index contributed by atoms with van der Waals surface area (Å²) in [5.74, 6) is 1.17. The van der Waals surface area contributed by atoms with Crippen LogP contribution < -0.4 is 14.8 Å². The lowest BCUT2D eigenvalue weighted by molar-refractivity contribution is 0.102. The summed E-state index contributed by atoms with van der Waals surface area (Å²) in [5, 5.41) is 10.5. The molecule has 7 heteroatoms. The summed E-state index contributed by atoms with van der Waals surface area (Å²) in [5.41, 5.74) is 1.46. The van der Waals surface area contributed by atoms with E-state index >= 15 is 0 Å². The molecule has 0 atom stereocenters. The number of ether oxygens (including phenoxy) is 2. The second-order valence-electron chi connectivity index (χ2n) is 5.64. The van der Waals surface area contributed by atoms with Crippen molar-refractivity contribution in [1.82, 2.24) is 10.2 Å². The van der Waals surface area contributed by atoms with E-state index in [1.807, 2.05) is 44.2 Å². The quantitative estimate of drug-likeness (QED) is 0.653. The monoisotopic (exact) mass is 367 g/mol. The molecule has 0 spiro atoms. The lowest BCUT2D eigenvalue weighted by Crippen LogP contribution is -2.12. The van der Waals surface area contributed by atoms with E-state index in [1.54, 1.807) is 18.2 Å². The van der Waals surface area contributed by atoms with Gasteiger partial charge in [0.1, 0.15) is 0 Å². The molecule has 0 bridgehead atoms. The number of aromatic nitrogens is 2. The Hall–Kier alpha value is -3.35. The Balaban J connectivity index is 1.69. The van der Waals surface area contributed by atoms with Crippen molar-refractivity contribution in [3.63, 3.8) is 0 Å². The lowest BCUT2D eigenvalue weighted by Gasteiger charge is -2.11. The van der Waals surface area contributed by atoms with Gasteiger partial charge in [0, 0.05) is 5.56 Å². The van der Waals surface area contributed by atoms with Gasteiger partial charge in [0.25, 0.3) is 5.91 Å². The first-order chi connectivity index (χ1) is 13.2. The van der Waals surface area contributed by atoms with Crippen molar-refractivity contribution >= 4 is 11.9 Å². The van der Waals surface area contributed by atoms with E-state index in [-0.39, 0.29) is 11.9 Å². The van der Waals surface area contributed by atoms with Gasteiger partial charge in [-0.25, -0.2) is 0 Å². The number of rotatable bonds is 8. The Morgan fingerprint density at radius 1 is 1.00 bits per heavy atom. The molecule has 0 aliphatic rings. The van der Waals surface area contributed by atoms with Crippen molar-refractivity contribution < 1.29 is 18.7 Å². The normalized spacial score (nSPS) is 10.4. The summed E-state index contributed by atoms with van der Waals surface area (Å²) in [4.78, 5) is 12.5. The van der Waals surface area contributed by atoms with Crippen LogP contribution in [0.25, 0.3) is 0 Å². The van der Waals surface area contributed by atoms with Gasteiger partial charge in [-0.15, -0.1) is 5.10 Å². The third-order valence-corrected chi connectivity index (χ3v) is 3.69. The molecule has 0 unspecified atom stereocenters. The maximum Gasteiger partial charge on any atom is 0.322 e. The number of nitrogens with zero attached hydrogens (tertiary/aromatic N) is 2. The number of hydrogen-bond donors (Lipinski definition) is 1. The average Bonchev–Trinajstić information content (AvgIpc) is 3.11. The third-order valence-electron chi connectivity index (χ3n) is 3.69. The van der Waals surface area contributed by atoms with Crippen molar-refractivity contribution in [2.75, 3.05) is 18.5 Å². The van der Waals surface area contributed by atoms with Crippen LogP contribution in [-0.2, 0) is 6.42 Å². The first-order valence-electron chi connectivity index (χ1n) is 8.77. The summed E-state index contributed by atoms with van der Waals surface area (Å²) in [6, 6.07) is 14.8. The molecule has 1 N–H and O–H groups in total. The minimum Gasteiger partial charge on any atom is -0.490 e. The number of nitrogens with one attached hydrogen (secondary N) is 1. The molecule has 0 fully saturated rings. The van der Waals surface area contributed by atoms with Crippen molar-refractivity contribution in [3.8, 4) is 11.5 Å². The van der Waals surface area contributed by atoms with Gasteiger partial charge < -0.3 is 13.9 Å². The topological polar surface area (TPSA) is 86.5 Å². The highest BCUT2D eigenvalue weighted by Gasteiger charge is 2.15. The molecule has 3 aromatic rings. The van der Waals surface area contributed by atoms with Gasteiger partial charge >= 0.3 is 6.01 Å². The summed E-state index contributed by atoms with van der Waals surface area (Å²) in [6.45, 7) is 4.74. The van der Waals surface area contributed by atoms with Crippen LogP contribution in [0.5, 0.6) is 11.5 Å². The molecule has 0 radical (unpaired) electrons. The van der Waals surface area contributed by atoms with E-state index in [1.165, 1.54) is 0 Å². The smallest absolute Gasteiger partial charge is 0.322 e. The van der Waals surface area contributed by atoms with Crippen molar-refractivity contribution in [2.24, 2.45) is 0 Å². The Morgan fingerprint density at radius 2 is 1.74 bits per heavy atom. The fraction of sp³-hybridized carbons (Fsp3) is 0.250. The van der Waals surface area contributed by atoms with Crippen LogP contribution in [0.15, 0.2) is 52.9 Å². The van der Waals surface area contributed by atoms with Gasteiger partial charge in [0.05, 0.1) is 19.6 Å². The predicted octanol–water partition coefficient (Wildman–Crippen LogP) is 3.71. The first kappa shape index (κ1) is 18.4. The third kappa shape index (κ3) is 4.84. The summed E-state index contributed by atoms with van der Waals surface area (Å²) < 4.78 is 16.6. The van der Waals surface area contributed by atoms with E-state index in [0.717, 1.165) is 5.56 Å². The maximum atomic E-state index is 12.5. The molecular formula is C20H21N3O4. The van der Waals surface area contributed by atoms with Crippen LogP contribution in [0.2, 0.25) is 0 Å². The Labute approximate surface area is 157 Å². The number of amides is 1. The van der Waals surface area contributed by atoms with E-state index in [0.29, 0.717) is 42.6 Å². The molecule has 7 nitrogen and oxygen atoms in total. The molecule has 0 saturated heterocycles. The highest BCUT2D eigenvalue weighted by molar-refractivity contribution is 6.03. The fourth-order valence-electron chi connectivity index (χ4n) is 2.51. The van der Waals surface area contributed by atoms with E-state index in [4.69, 9.17) is 13.9 Å². The van der Waals surface area contributed by atoms with Gasteiger partial charge in [0.15, 0.2) is 11.5 Å².